The van der Waals surface area contributed by atoms with Gasteiger partial charge in [0.1, 0.15) is 0 Å². The summed E-state index contributed by atoms with van der Waals surface area (Å²) >= 11 is 0. The van der Waals surface area contributed by atoms with Crippen molar-refractivity contribution in [3.63, 3.8) is 0 Å². The topological polar surface area (TPSA) is 85.3 Å². The third-order valence-corrected chi connectivity index (χ3v) is 4.49. The first-order chi connectivity index (χ1) is 14.0. The van der Waals surface area contributed by atoms with Gasteiger partial charge in [0.15, 0.2) is 6.61 Å². The summed E-state index contributed by atoms with van der Waals surface area (Å²) in [5.74, 6) is -1.31. The Morgan fingerprint density at radius 1 is 0.862 bits per heavy atom. The number of rotatable bonds is 11. The van der Waals surface area contributed by atoms with Gasteiger partial charge in [0, 0.05) is 27.3 Å². The molecule has 0 aliphatic heterocycles. The average Bonchev–Trinajstić information content (AvgIpc) is 2.78. The van der Waals surface area contributed by atoms with Crippen LogP contribution in [0.4, 0.5) is 0 Å². The van der Waals surface area contributed by atoms with Crippen molar-refractivity contribution in [3.05, 3.63) is 71.8 Å². The van der Waals surface area contributed by atoms with Crippen LogP contribution in [0.5, 0.6) is 0 Å². The molecule has 7 nitrogen and oxygen atoms in total. The molecule has 0 aromatic heterocycles. The van der Waals surface area contributed by atoms with Crippen molar-refractivity contribution < 1.29 is 28.9 Å². The van der Waals surface area contributed by atoms with Crippen LogP contribution in [-0.4, -0.2) is 69.0 Å². The van der Waals surface area contributed by atoms with Gasteiger partial charge in [-0.3, -0.25) is 4.79 Å². The number of amides is 1. The number of carbonyl (C=O) groups excluding carboxylic acids is 2. The van der Waals surface area contributed by atoms with Crippen molar-refractivity contribution >= 4 is 11.9 Å². The monoisotopic (exact) mass is 401 g/mol. The Bertz CT molecular complexity index is 718. The number of hydrogen-bond donors (Lipinski definition) is 1. The van der Waals surface area contributed by atoms with Gasteiger partial charge in [0.2, 0.25) is 5.60 Å². The summed E-state index contributed by atoms with van der Waals surface area (Å²) in [5.41, 5.74) is -1.30. The van der Waals surface area contributed by atoms with Gasteiger partial charge in [-0.05, 0) is 11.1 Å². The predicted octanol–water partition coefficient (Wildman–Crippen LogP) is 1.59. The standard InChI is InChI=1S/C22H27NO6/c1-27-15-13-23(14-16-28-2)20(24)17-29-21(25)22(26,18-9-5-3-6-10-18)19-11-7-4-8-12-19/h3-12,26H,13-17H2,1-2H3. The van der Waals surface area contributed by atoms with E-state index in [4.69, 9.17) is 14.2 Å². The summed E-state index contributed by atoms with van der Waals surface area (Å²) in [7, 11) is 3.08. The maximum absolute atomic E-state index is 12.9. The molecule has 2 rings (SSSR count). The van der Waals surface area contributed by atoms with Gasteiger partial charge in [-0.25, -0.2) is 4.79 Å². The van der Waals surface area contributed by atoms with Crippen LogP contribution in [0.1, 0.15) is 11.1 Å². The van der Waals surface area contributed by atoms with Crippen LogP contribution in [0, 0.1) is 0 Å². The third kappa shape index (κ3) is 5.87. The van der Waals surface area contributed by atoms with Gasteiger partial charge < -0.3 is 24.2 Å². The zero-order valence-electron chi connectivity index (χ0n) is 16.7. The van der Waals surface area contributed by atoms with Crippen LogP contribution < -0.4 is 0 Å². The van der Waals surface area contributed by atoms with E-state index in [1.807, 2.05) is 0 Å². The van der Waals surface area contributed by atoms with Gasteiger partial charge in [0.25, 0.3) is 5.91 Å². The maximum atomic E-state index is 12.9. The van der Waals surface area contributed by atoms with E-state index < -0.39 is 24.1 Å². The Hall–Kier alpha value is -2.74. The molecule has 29 heavy (non-hydrogen) atoms. The van der Waals surface area contributed by atoms with Crippen molar-refractivity contribution in [3.8, 4) is 0 Å². The van der Waals surface area contributed by atoms with Gasteiger partial charge in [-0.1, -0.05) is 60.7 Å². The Labute approximate surface area is 170 Å². The molecule has 0 spiro atoms. The molecule has 0 aliphatic rings. The number of ether oxygens (including phenoxy) is 3. The molecule has 156 valence electrons. The zero-order chi connectivity index (χ0) is 21.1. The van der Waals surface area contributed by atoms with Crippen LogP contribution in [0.15, 0.2) is 60.7 Å². The Balaban J connectivity index is 2.17. The Morgan fingerprint density at radius 2 is 1.31 bits per heavy atom. The molecule has 7 heteroatoms. The quantitative estimate of drug-likeness (QED) is 0.576. The lowest BCUT2D eigenvalue weighted by molar-refractivity contribution is -0.166. The first kappa shape index (κ1) is 22.5. The predicted molar refractivity (Wildman–Crippen MR) is 107 cm³/mol. The first-order valence-electron chi connectivity index (χ1n) is 9.30. The van der Waals surface area contributed by atoms with Gasteiger partial charge >= 0.3 is 5.97 Å². The van der Waals surface area contributed by atoms with E-state index in [1.54, 1.807) is 74.9 Å². The smallest absolute Gasteiger partial charge is 0.348 e. The van der Waals surface area contributed by atoms with Crippen LogP contribution in [0.3, 0.4) is 0 Å². The minimum Gasteiger partial charge on any atom is -0.453 e. The minimum absolute atomic E-state index is 0.345. The normalized spacial score (nSPS) is 11.1. The number of carbonyl (C=O) groups is 2. The van der Waals surface area contributed by atoms with E-state index in [9.17, 15) is 14.7 Å². The highest BCUT2D eigenvalue weighted by Gasteiger charge is 2.42. The second-order valence-electron chi connectivity index (χ2n) is 6.38. The summed E-state index contributed by atoms with van der Waals surface area (Å²) in [6.45, 7) is 0.896. The number of esters is 1. The SMILES string of the molecule is COCCN(CCOC)C(=O)COC(=O)C(O)(c1ccccc1)c1ccccc1. The number of nitrogens with zero attached hydrogens (tertiary/aromatic N) is 1. The Kier molecular flexibility index (Phi) is 8.79. The summed E-state index contributed by atoms with van der Waals surface area (Å²) < 4.78 is 15.3. The number of hydrogen-bond acceptors (Lipinski definition) is 6. The van der Waals surface area contributed by atoms with Crippen molar-refractivity contribution in [1.29, 1.82) is 0 Å². The van der Waals surface area contributed by atoms with Crippen molar-refractivity contribution in [1.82, 2.24) is 4.90 Å². The molecule has 2 aromatic carbocycles. The molecule has 0 heterocycles. The summed E-state index contributed by atoms with van der Waals surface area (Å²) in [4.78, 5) is 26.9. The lowest BCUT2D eigenvalue weighted by atomic mass is 9.86. The second kappa shape index (κ2) is 11.3. The van der Waals surface area contributed by atoms with E-state index >= 15 is 0 Å². The molecule has 0 radical (unpaired) electrons. The zero-order valence-corrected chi connectivity index (χ0v) is 16.7. The fourth-order valence-corrected chi connectivity index (χ4v) is 2.85. The molecular weight excluding hydrogens is 374 g/mol. The van der Waals surface area contributed by atoms with Gasteiger partial charge in [-0.2, -0.15) is 0 Å². The molecule has 0 saturated heterocycles. The Morgan fingerprint density at radius 3 is 1.72 bits per heavy atom. The third-order valence-electron chi connectivity index (χ3n) is 4.49. The molecule has 0 fully saturated rings. The van der Waals surface area contributed by atoms with Crippen molar-refractivity contribution in [2.45, 2.75) is 5.60 Å². The van der Waals surface area contributed by atoms with Gasteiger partial charge in [-0.15, -0.1) is 0 Å². The fourth-order valence-electron chi connectivity index (χ4n) is 2.85. The summed E-state index contributed by atoms with van der Waals surface area (Å²) in [5, 5.41) is 11.3. The first-order valence-corrected chi connectivity index (χ1v) is 9.30. The van der Waals surface area contributed by atoms with E-state index in [0.717, 1.165) is 0 Å². The molecule has 0 bridgehead atoms. The second-order valence-corrected chi connectivity index (χ2v) is 6.38. The van der Waals surface area contributed by atoms with Crippen molar-refractivity contribution in [2.75, 3.05) is 47.1 Å². The number of methoxy groups -OCH3 is 2. The minimum atomic E-state index is -2.02. The highest BCUT2D eigenvalue weighted by molar-refractivity contribution is 5.88. The lowest BCUT2D eigenvalue weighted by Gasteiger charge is -2.28. The van der Waals surface area contributed by atoms with Crippen LogP contribution in [0.2, 0.25) is 0 Å². The number of benzene rings is 2. The van der Waals surface area contributed by atoms with E-state index in [0.29, 0.717) is 37.4 Å². The molecule has 1 N–H and O–H groups in total. The van der Waals surface area contributed by atoms with Crippen LogP contribution in [-0.2, 0) is 29.4 Å². The van der Waals surface area contributed by atoms with Crippen LogP contribution >= 0.6 is 0 Å². The van der Waals surface area contributed by atoms with E-state index in [-0.39, 0.29) is 0 Å². The van der Waals surface area contributed by atoms with Crippen molar-refractivity contribution in [2.24, 2.45) is 0 Å². The molecule has 2 aromatic rings. The molecule has 0 saturated carbocycles. The molecule has 0 atom stereocenters. The molecule has 0 aliphatic carbocycles. The highest BCUT2D eigenvalue weighted by Crippen LogP contribution is 2.31. The summed E-state index contributed by atoms with van der Waals surface area (Å²) in [6.07, 6.45) is 0. The fraction of sp³-hybridized carbons (Fsp3) is 0.364. The summed E-state index contributed by atoms with van der Waals surface area (Å²) in [6, 6.07) is 17.0. The number of aliphatic hydroxyl groups is 1. The average molecular weight is 401 g/mol. The lowest BCUT2D eigenvalue weighted by Crippen LogP contribution is -2.43. The van der Waals surface area contributed by atoms with E-state index in [2.05, 4.69) is 0 Å². The van der Waals surface area contributed by atoms with Crippen LogP contribution in [0.25, 0.3) is 0 Å². The molecular formula is C22H27NO6. The van der Waals surface area contributed by atoms with Gasteiger partial charge in [0.05, 0.1) is 13.2 Å². The largest absolute Gasteiger partial charge is 0.453 e. The maximum Gasteiger partial charge on any atom is 0.348 e. The molecule has 0 unspecified atom stereocenters. The van der Waals surface area contributed by atoms with E-state index in [1.165, 1.54) is 4.90 Å². The molecule has 1 amide bonds. The highest BCUT2D eigenvalue weighted by atomic mass is 16.6.